The SMILES string of the molecule is CC(=O)c1cc(C)cc2nc(-c3c(F)c(F)c(-c4ccccc4)c(F)c3F)n(C)c12. The average molecular weight is 412 g/mol. The summed E-state index contributed by atoms with van der Waals surface area (Å²) in [6, 6.07) is 10.6. The number of Topliss-reactive ketones (excluding diaryl/α,β-unsaturated/α-hetero) is 1. The number of carbonyl (C=O) groups excluding carboxylic acids is 1. The molecule has 0 N–H and O–H groups in total. The first-order chi connectivity index (χ1) is 14.2. The fourth-order valence-corrected chi connectivity index (χ4v) is 3.67. The number of nitrogens with zero attached hydrogens (tertiary/aromatic N) is 2. The van der Waals surface area contributed by atoms with E-state index in [0.717, 1.165) is 5.56 Å². The normalized spacial score (nSPS) is 11.3. The maximum absolute atomic E-state index is 15.0. The van der Waals surface area contributed by atoms with Gasteiger partial charge in [0.25, 0.3) is 0 Å². The highest BCUT2D eigenvalue weighted by Crippen LogP contribution is 2.37. The molecule has 0 spiro atoms. The van der Waals surface area contributed by atoms with E-state index < -0.39 is 34.4 Å². The third kappa shape index (κ3) is 2.89. The smallest absolute Gasteiger partial charge is 0.173 e. The third-order valence-electron chi connectivity index (χ3n) is 5.04. The number of aromatic nitrogens is 2. The topological polar surface area (TPSA) is 34.9 Å². The average Bonchev–Trinajstić information content (AvgIpc) is 3.03. The summed E-state index contributed by atoms with van der Waals surface area (Å²) in [5.74, 6) is -6.70. The van der Waals surface area contributed by atoms with Crippen molar-refractivity contribution in [2.24, 2.45) is 7.05 Å². The van der Waals surface area contributed by atoms with E-state index in [1.54, 1.807) is 25.1 Å². The summed E-state index contributed by atoms with van der Waals surface area (Å²) in [6.07, 6.45) is 0. The molecule has 0 aliphatic carbocycles. The molecule has 0 fully saturated rings. The van der Waals surface area contributed by atoms with Gasteiger partial charge in [-0.1, -0.05) is 30.3 Å². The molecule has 152 valence electrons. The quantitative estimate of drug-likeness (QED) is 0.236. The minimum atomic E-state index is -1.55. The number of aryl methyl sites for hydroxylation is 2. The van der Waals surface area contributed by atoms with E-state index in [1.807, 2.05) is 0 Å². The molecule has 0 atom stereocenters. The first-order valence-corrected chi connectivity index (χ1v) is 9.12. The Hall–Kier alpha value is -3.48. The summed E-state index contributed by atoms with van der Waals surface area (Å²) in [6.45, 7) is 3.10. The Morgan fingerprint density at radius 2 is 1.47 bits per heavy atom. The fourth-order valence-electron chi connectivity index (χ4n) is 3.67. The molecule has 0 bridgehead atoms. The van der Waals surface area contributed by atoms with E-state index in [9.17, 15) is 13.6 Å². The lowest BCUT2D eigenvalue weighted by atomic mass is 10.0. The second kappa shape index (κ2) is 7.09. The minimum Gasteiger partial charge on any atom is -0.326 e. The molecule has 4 rings (SSSR count). The molecule has 0 radical (unpaired) electrons. The van der Waals surface area contributed by atoms with Crippen LogP contribution in [0.1, 0.15) is 22.8 Å². The predicted molar refractivity (Wildman–Crippen MR) is 106 cm³/mol. The van der Waals surface area contributed by atoms with Gasteiger partial charge in [-0.15, -0.1) is 0 Å². The van der Waals surface area contributed by atoms with E-state index >= 15 is 8.78 Å². The van der Waals surface area contributed by atoms with Gasteiger partial charge in [0.1, 0.15) is 5.82 Å². The first kappa shape index (κ1) is 19.8. The van der Waals surface area contributed by atoms with Crippen LogP contribution in [0.15, 0.2) is 42.5 Å². The Balaban J connectivity index is 2.05. The van der Waals surface area contributed by atoms with E-state index in [2.05, 4.69) is 4.98 Å². The van der Waals surface area contributed by atoms with Crippen LogP contribution in [-0.2, 0) is 7.05 Å². The van der Waals surface area contributed by atoms with Gasteiger partial charge in [0.15, 0.2) is 29.1 Å². The Bertz CT molecular complexity index is 1300. The Morgan fingerprint density at radius 3 is 2.03 bits per heavy atom. The van der Waals surface area contributed by atoms with Gasteiger partial charge in [-0.2, -0.15) is 0 Å². The van der Waals surface area contributed by atoms with Crippen molar-refractivity contribution in [3.63, 3.8) is 0 Å². The number of carbonyl (C=O) groups is 1. The van der Waals surface area contributed by atoms with Crippen molar-refractivity contribution in [3.05, 3.63) is 76.9 Å². The summed E-state index contributed by atoms with van der Waals surface area (Å²) in [7, 11) is 1.44. The van der Waals surface area contributed by atoms with Crippen molar-refractivity contribution < 1.29 is 22.4 Å². The van der Waals surface area contributed by atoms with Gasteiger partial charge >= 0.3 is 0 Å². The van der Waals surface area contributed by atoms with Crippen molar-refractivity contribution in [1.29, 1.82) is 0 Å². The molecule has 7 heteroatoms. The maximum atomic E-state index is 15.0. The lowest BCUT2D eigenvalue weighted by molar-refractivity contribution is 0.101. The minimum absolute atomic E-state index is 0.0105. The van der Waals surface area contributed by atoms with Crippen LogP contribution in [0, 0.1) is 30.2 Å². The number of rotatable bonds is 3. The number of hydrogen-bond acceptors (Lipinski definition) is 2. The predicted octanol–water partition coefficient (Wildman–Crippen LogP) is 5.97. The van der Waals surface area contributed by atoms with Crippen molar-refractivity contribution in [2.45, 2.75) is 13.8 Å². The molecular weight excluding hydrogens is 396 g/mol. The van der Waals surface area contributed by atoms with Gasteiger partial charge in [-0.25, -0.2) is 22.5 Å². The molecule has 30 heavy (non-hydrogen) atoms. The lowest BCUT2D eigenvalue weighted by Gasteiger charge is -2.12. The molecule has 0 aliphatic rings. The van der Waals surface area contributed by atoms with Crippen LogP contribution < -0.4 is 0 Å². The van der Waals surface area contributed by atoms with Crippen LogP contribution in [0.3, 0.4) is 0 Å². The van der Waals surface area contributed by atoms with Crippen LogP contribution in [-0.4, -0.2) is 15.3 Å². The number of ketones is 1. The highest BCUT2D eigenvalue weighted by Gasteiger charge is 2.30. The number of imidazole rings is 1. The zero-order valence-electron chi connectivity index (χ0n) is 16.4. The summed E-state index contributed by atoms with van der Waals surface area (Å²) in [4.78, 5) is 16.2. The Morgan fingerprint density at radius 1 is 0.900 bits per heavy atom. The van der Waals surface area contributed by atoms with Crippen molar-refractivity contribution in [3.8, 4) is 22.5 Å². The van der Waals surface area contributed by atoms with Crippen LogP contribution in [0.4, 0.5) is 17.6 Å². The zero-order valence-corrected chi connectivity index (χ0v) is 16.4. The number of halogens is 4. The molecule has 3 nitrogen and oxygen atoms in total. The van der Waals surface area contributed by atoms with Crippen LogP contribution in [0.2, 0.25) is 0 Å². The standard InChI is InChI=1S/C23H16F4N2O/c1-11-9-14(12(2)30)22-15(10-11)28-23(29(22)3)17-20(26)18(24)16(19(25)21(17)27)13-7-5-4-6-8-13/h4-10H,1-3H3. The Labute approximate surface area is 169 Å². The summed E-state index contributed by atoms with van der Waals surface area (Å²) >= 11 is 0. The first-order valence-electron chi connectivity index (χ1n) is 9.12. The lowest BCUT2D eigenvalue weighted by Crippen LogP contribution is -2.07. The molecule has 0 saturated carbocycles. The largest absolute Gasteiger partial charge is 0.326 e. The molecule has 0 unspecified atom stereocenters. The number of fused-ring (bicyclic) bond motifs is 1. The number of benzene rings is 3. The van der Waals surface area contributed by atoms with Crippen LogP contribution in [0.25, 0.3) is 33.5 Å². The van der Waals surface area contributed by atoms with Crippen molar-refractivity contribution in [2.75, 3.05) is 0 Å². The van der Waals surface area contributed by atoms with Crippen molar-refractivity contribution in [1.82, 2.24) is 9.55 Å². The maximum Gasteiger partial charge on any atom is 0.173 e. The third-order valence-corrected chi connectivity index (χ3v) is 5.04. The Kier molecular flexibility index (Phi) is 4.68. The molecule has 4 aromatic rings. The monoisotopic (exact) mass is 412 g/mol. The van der Waals surface area contributed by atoms with Gasteiger partial charge in [-0.3, -0.25) is 4.79 Å². The van der Waals surface area contributed by atoms with E-state index in [1.165, 1.54) is 42.8 Å². The van der Waals surface area contributed by atoms with Gasteiger partial charge < -0.3 is 4.57 Å². The summed E-state index contributed by atoms with van der Waals surface area (Å²) in [5, 5.41) is 0. The van der Waals surface area contributed by atoms with Gasteiger partial charge in [0, 0.05) is 12.6 Å². The molecule has 0 amide bonds. The molecule has 0 saturated heterocycles. The zero-order chi connectivity index (χ0) is 21.7. The highest BCUT2D eigenvalue weighted by molar-refractivity contribution is 6.06. The number of hydrogen-bond donors (Lipinski definition) is 0. The van der Waals surface area contributed by atoms with Crippen molar-refractivity contribution >= 4 is 16.8 Å². The van der Waals surface area contributed by atoms with Gasteiger partial charge in [-0.05, 0) is 37.1 Å². The van der Waals surface area contributed by atoms with E-state index in [4.69, 9.17) is 0 Å². The molecule has 1 aromatic heterocycles. The molecule has 0 aliphatic heterocycles. The highest BCUT2D eigenvalue weighted by atomic mass is 19.2. The summed E-state index contributed by atoms with van der Waals surface area (Å²) < 4.78 is 61.0. The van der Waals surface area contributed by atoms with E-state index in [0.29, 0.717) is 16.6 Å². The van der Waals surface area contributed by atoms with Gasteiger partial charge in [0.2, 0.25) is 0 Å². The summed E-state index contributed by atoms with van der Waals surface area (Å²) in [5.41, 5.74) is -0.0523. The van der Waals surface area contributed by atoms with Gasteiger partial charge in [0.05, 0.1) is 22.2 Å². The fraction of sp³-hybridized carbons (Fsp3) is 0.130. The van der Waals surface area contributed by atoms with Crippen LogP contribution >= 0.6 is 0 Å². The second-order valence-electron chi connectivity index (χ2n) is 7.10. The second-order valence-corrected chi connectivity index (χ2v) is 7.10. The molecule has 3 aromatic carbocycles. The molecule has 1 heterocycles. The van der Waals surface area contributed by atoms with E-state index in [-0.39, 0.29) is 17.2 Å². The molecular formula is C23H16F4N2O. The van der Waals surface area contributed by atoms with Crippen LogP contribution in [0.5, 0.6) is 0 Å².